The largest absolute Gasteiger partial charge is 0.337 e. The summed E-state index contributed by atoms with van der Waals surface area (Å²) >= 11 is 0. The molecule has 0 saturated heterocycles. The van der Waals surface area contributed by atoms with Crippen LogP contribution in [-0.2, 0) is 0 Å². The summed E-state index contributed by atoms with van der Waals surface area (Å²) in [5.74, 6) is 0.434. The van der Waals surface area contributed by atoms with Crippen LogP contribution in [-0.4, -0.2) is 10.1 Å². The third-order valence-electron chi connectivity index (χ3n) is 2.64. The smallest absolute Gasteiger partial charge is 0.243 e. The minimum Gasteiger partial charge on any atom is -0.337 e. The number of hydrogen-bond donors (Lipinski definition) is 1. The summed E-state index contributed by atoms with van der Waals surface area (Å²) in [6.45, 7) is 3.80. The van der Waals surface area contributed by atoms with E-state index in [-0.39, 0.29) is 11.9 Å². The van der Waals surface area contributed by atoms with Crippen molar-refractivity contribution in [1.29, 1.82) is 0 Å². The number of aryl methyl sites for hydroxylation is 1. The number of halogens is 1. The fourth-order valence-electron chi connectivity index (χ4n) is 1.50. The summed E-state index contributed by atoms with van der Waals surface area (Å²) in [6.07, 6.45) is 0.712. The first-order chi connectivity index (χ1) is 8.11. The Morgan fingerprint density at radius 1 is 1.47 bits per heavy atom. The average molecular weight is 235 g/mol. The van der Waals surface area contributed by atoms with Gasteiger partial charge in [0, 0.05) is 5.56 Å². The fraction of sp³-hybridized carbons (Fsp3) is 0.333. The third kappa shape index (κ3) is 2.34. The van der Waals surface area contributed by atoms with Gasteiger partial charge in [-0.05, 0) is 31.0 Å². The second kappa shape index (κ2) is 4.63. The van der Waals surface area contributed by atoms with Crippen molar-refractivity contribution in [3.63, 3.8) is 0 Å². The van der Waals surface area contributed by atoms with Crippen molar-refractivity contribution in [3.8, 4) is 11.4 Å². The maximum Gasteiger partial charge on any atom is 0.243 e. The van der Waals surface area contributed by atoms with E-state index in [9.17, 15) is 4.39 Å². The van der Waals surface area contributed by atoms with Crippen molar-refractivity contribution >= 4 is 0 Å². The number of hydrogen-bond acceptors (Lipinski definition) is 4. The van der Waals surface area contributed by atoms with Gasteiger partial charge in [-0.15, -0.1) is 0 Å². The normalized spacial score (nSPS) is 12.7. The maximum atomic E-state index is 13.2. The second-order valence-electron chi connectivity index (χ2n) is 3.93. The molecule has 1 atom stereocenters. The lowest BCUT2D eigenvalue weighted by Crippen LogP contribution is -2.08. The highest BCUT2D eigenvalue weighted by Gasteiger charge is 2.15. The van der Waals surface area contributed by atoms with Crippen LogP contribution >= 0.6 is 0 Å². The Kier molecular flexibility index (Phi) is 3.19. The van der Waals surface area contributed by atoms with Gasteiger partial charge in [-0.2, -0.15) is 4.98 Å². The van der Waals surface area contributed by atoms with E-state index >= 15 is 0 Å². The first kappa shape index (κ1) is 11.7. The van der Waals surface area contributed by atoms with Crippen molar-refractivity contribution in [3.05, 3.63) is 35.5 Å². The van der Waals surface area contributed by atoms with Crippen molar-refractivity contribution in [2.45, 2.75) is 26.3 Å². The molecule has 4 nitrogen and oxygen atoms in total. The molecule has 2 N–H and O–H groups in total. The van der Waals surface area contributed by atoms with E-state index < -0.39 is 0 Å². The maximum absolute atomic E-state index is 13.2. The van der Waals surface area contributed by atoms with Crippen LogP contribution in [0.3, 0.4) is 0 Å². The molecule has 2 aromatic rings. The van der Waals surface area contributed by atoms with E-state index in [1.165, 1.54) is 12.1 Å². The van der Waals surface area contributed by atoms with Gasteiger partial charge < -0.3 is 10.3 Å². The van der Waals surface area contributed by atoms with Gasteiger partial charge in [0.1, 0.15) is 5.82 Å². The molecule has 17 heavy (non-hydrogen) atoms. The molecule has 0 spiro atoms. The first-order valence-corrected chi connectivity index (χ1v) is 5.47. The van der Waals surface area contributed by atoms with E-state index in [1.807, 2.05) is 13.8 Å². The molecule has 1 aromatic heterocycles. The molecule has 0 saturated carbocycles. The summed E-state index contributed by atoms with van der Waals surface area (Å²) in [6, 6.07) is 4.20. The van der Waals surface area contributed by atoms with E-state index in [4.69, 9.17) is 10.3 Å². The molecule has 0 amide bonds. The molecule has 5 heteroatoms. The minimum absolute atomic E-state index is 0.273. The molecule has 1 aromatic carbocycles. The Morgan fingerprint density at radius 2 is 2.24 bits per heavy atom. The zero-order valence-corrected chi connectivity index (χ0v) is 9.77. The van der Waals surface area contributed by atoms with Crippen molar-refractivity contribution in [2.75, 3.05) is 0 Å². The molecule has 0 aliphatic rings. The summed E-state index contributed by atoms with van der Waals surface area (Å²) in [5.41, 5.74) is 7.30. The van der Waals surface area contributed by atoms with Crippen LogP contribution < -0.4 is 5.73 Å². The monoisotopic (exact) mass is 235 g/mol. The van der Waals surface area contributed by atoms with Gasteiger partial charge in [-0.1, -0.05) is 18.1 Å². The Balaban J connectivity index is 2.40. The van der Waals surface area contributed by atoms with E-state index in [0.29, 0.717) is 23.7 Å². The molecule has 0 unspecified atom stereocenters. The van der Waals surface area contributed by atoms with Crippen LogP contribution in [0.25, 0.3) is 11.4 Å². The summed E-state index contributed by atoms with van der Waals surface area (Å²) < 4.78 is 18.2. The summed E-state index contributed by atoms with van der Waals surface area (Å²) in [4.78, 5) is 4.18. The van der Waals surface area contributed by atoms with E-state index in [2.05, 4.69) is 10.1 Å². The van der Waals surface area contributed by atoms with Crippen LogP contribution in [0.5, 0.6) is 0 Å². The predicted molar refractivity (Wildman–Crippen MR) is 61.6 cm³/mol. The number of nitrogens with zero attached hydrogens (tertiary/aromatic N) is 2. The average Bonchev–Trinajstić information content (AvgIpc) is 2.80. The molecular weight excluding hydrogens is 221 g/mol. The lowest BCUT2D eigenvalue weighted by Gasteiger charge is -2.01. The van der Waals surface area contributed by atoms with Gasteiger partial charge in [-0.25, -0.2) is 4.39 Å². The topological polar surface area (TPSA) is 64.9 Å². The molecule has 0 fully saturated rings. The van der Waals surface area contributed by atoms with Gasteiger partial charge in [0.2, 0.25) is 11.7 Å². The van der Waals surface area contributed by atoms with Gasteiger partial charge in [0.25, 0.3) is 0 Å². The lowest BCUT2D eigenvalue weighted by atomic mass is 10.1. The zero-order valence-electron chi connectivity index (χ0n) is 9.77. The van der Waals surface area contributed by atoms with Crippen LogP contribution in [0, 0.1) is 12.7 Å². The van der Waals surface area contributed by atoms with Crippen molar-refractivity contribution in [1.82, 2.24) is 10.1 Å². The van der Waals surface area contributed by atoms with Crippen molar-refractivity contribution in [2.24, 2.45) is 5.73 Å². The molecule has 2 rings (SSSR count). The van der Waals surface area contributed by atoms with Crippen LogP contribution in [0.4, 0.5) is 4.39 Å². The van der Waals surface area contributed by atoms with Crippen molar-refractivity contribution < 1.29 is 8.91 Å². The molecule has 1 heterocycles. The van der Waals surface area contributed by atoms with Crippen LogP contribution in [0.15, 0.2) is 22.7 Å². The van der Waals surface area contributed by atoms with Gasteiger partial charge in [-0.3, -0.25) is 0 Å². The Morgan fingerprint density at radius 3 is 2.94 bits per heavy atom. The molecule has 0 radical (unpaired) electrons. The van der Waals surface area contributed by atoms with Gasteiger partial charge >= 0.3 is 0 Å². The fourth-order valence-corrected chi connectivity index (χ4v) is 1.50. The summed E-state index contributed by atoms with van der Waals surface area (Å²) in [5, 5.41) is 3.82. The highest BCUT2D eigenvalue weighted by Crippen LogP contribution is 2.23. The number of rotatable bonds is 3. The minimum atomic E-state index is -0.322. The summed E-state index contributed by atoms with van der Waals surface area (Å²) in [7, 11) is 0. The SMILES string of the molecule is CC[C@H](N)c1nc(-c2cc(F)ccc2C)no1. The Bertz CT molecular complexity index is 524. The highest BCUT2D eigenvalue weighted by molar-refractivity contribution is 5.59. The second-order valence-corrected chi connectivity index (χ2v) is 3.93. The molecule has 0 bridgehead atoms. The van der Waals surface area contributed by atoms with E-state index in [1.54, 1.807) is 6.07 Å². The number of aromatic nitrogens is 2. The predicted octanol–water partition coefficient (Wildman–Crippen LogP) is 2.59. The van der Waals surface area contributed by atoms with Gasteiger partial charge in [0.05, 0.1) is 6.04 Å². The molecule has 0 aliphatic heterocycles. The Hall–Kier alpha value is -1.75. The third-order valence-corrected chi connectivity index (χ3v) is 2.64. The van der Waals surface area contributed by atoms with Gasteiger partial charge in [0.15, 0.2) is 0 Å². The zero-order chi connectivity index (χ0) is 12.4. The van der Waals surface area contributed by atoms with Crippen LogP contribution in [0.2, 0.25) is 0 Å². The highest BCUT2D eigenvalue weighted by atomic mass is 19.1. The Labute approximate surface area is 98.6 Å². The molecule has 0 aliphatic carbocycles. The molecular formula is C12H14FN3O. The number of nitrogens with two attached hydrogens (primary N) is 1. The standard InChI is InChI=1S/C12H14FN3O/c1-3-10(14)12-15-11(16-17-12)9-6-8(13)5-4-7(9)2/h4-6,10H,3,14H2,1-2H3/t10-/m0/s1. The van der Waals surface area contributed by atoms with Crippen LogP contribution in [0.1, 0.15) is 30.8 Å². The quantitative estimate of drug-likeness (QED) is 0.888. The van der Waals surface area contributed by atoms with E-state index in [0.717, 1.165) is 5.56 Å². The lowest BCUT2D eigenvalue weighted by molar-refractivity contribution is 0.352. The first-order valence-electron chi connectivity index (χ1n) is 5.47. The molecule has 90 valence electrons. The number of benzene rings is 1.